The number of carbonyl (C=O) groups excluding carboxylic acids is 1. The number of carbonyl (C=O) groups is 1. The van der Waals surface area contributed by atoms with Gasteiger partial charge < -0.3 is 0 Å². The van der Waals surface area contributed by atoms with Gasteiger partial charge in [-0.1, -0.05) is 6.08 Å². The highest BCUT2D eigenvalue weighted by Gasteiger charge is 1.73. The van der Waals surface area contributed by atoms with Crippen molar-refractivity contribution in [3.05, 3.63) is 19.1 Å². The second-order valence-corrected chi connectivity index (χ2v) is 0.970. The van der Waals surface area contributed by atoms with E-state index >= 15 is 0 Å². The van der Waals surface area contributed by atoms with Crippen LogP contribution in [0.2, 0.25) is 0 Å². The average molecular weight is 82.1 g/mol. The van der Waals surface area contributed by atoms with E-state index in [1.807, 2.05) is 0 Å². The maximum absolute atomic E-state index is 9.88. The largest absolute Gasteiger partial charge is 0.295 e. The second kappa shape index (κ2) is 2.64. The maximum Gasteiger partial charge on any atom is 0.152 e. The van der Waals surface area contributed by atoms with Crippen LogP contribution >= 0.6 is 0 Å². The molecule has 0 aliphatic heterocycles. The van der Waals surface area contributed by atoms with Crippen molar-refractivity contribution < 1.29 is 4.79 Å². The minimum absolute atomic E-state index is 0.0162. The molecule has 0 aliphatic carbocycles. The van der Waals surface area contributed by atoms with Crippen molar-refractivity contribution in [2.24, 2.45) is 0 Å². The van der Waals surface area contributed by atoms with Crippen LogP contribution in [0.5, 0.6) is 0 Å². The quantitative estimate of drug-likeness (QED) is 0.428. The molecule has 2 radical (unpaired) electrons. The molecule has 6 heavy (non-hydrogen) atoms. The predicted molar refractivity (Wildman–Crippen MR) is 24.1 cm³/mol. The molecule has 0 bridgehead atoms. The Bertz CT molecular complexity index is 72.0. The Morgan fingerprint density at radius 1 is 1.83 bits per heavy atom. The average Bonchev–Trinajstić information content (AvgIpc) is 1.35. The van der Waals surface area contributed by atoms with Crippen LogP contribution in [-0.2, 0) is 4.79 Å². The number of ketones is 1. The lowest BCUT2D eigenvalue weighted by molar-refractivity contribution is -0.112. The van der Waals surface area contributed by atoms with Crippen LogP contribution in [0.4, 0.5) is 0 Å². The molecule has 0 amide bonds. The van der Waals surface area contributed by atoms with Gasteiger partial charge >= 0.3 is 0 Å². The number of allylic oxidation sites excluding steroid dienone is 2. The maximum atomic E-state index is 9.88. The van der Waals surface area contributed by atoms with E-state index < -0.39 is 0 Å². The summed E-state index contributed by atoms with van der Waals surface area (Å²) in [6.45, 7) is 6.28. The highest BCUT2D eigenvalue weighted by atomic mass is 16.1. The zero-order valence-corrected chi connectivity index (χ0v) is 3.64. The molecule has 0 N–H and O–H groups in total. The summed E-state index contributed by atoms with van der Waals surface area (Å²) in [5.41, 5.74) is 0. The molecule has 0 fully saturated rings. The minimum Gasteiger partial charge on any atom is -0.295 e. The molecule has 0 rings (SSSR count). The summed E-state index contributed by atoms with van der Waals surface area (Å²) in [5, 5.41) is 0. The zero-order chi connectivity index (χ0) is 4.99. The SMILES string of the molecule is [CH]C=CC(C)=O. The van der Waals surface area contributed by atoms with E-state index in [9.17, 15) is 4.79 Å². The summed E-state index contributed by atoms with van der Waals surface area (Å²) in [6.07, 6.45) is 2.53. The van der Waals surface area contributed by atoms with E-state index in [0.717, 1.165) is 0 Å². The Balaban J connectivity index is 3.30. The first-order valence-electron chi connectivity index (χ1n) is 1.66. The Kier molecular flexibility index (Phi) is 2.38. The topological polar surface area (TPSA) is 17.1 Å². The van der Waals surface area contributed by atoms with E-state index in [4.69, 9.17) is 6.92 Å². The molecule has 0 heterocycles. The summed E-state index contributed by atoms with van der Waals surface area (Å²) >= 11 is 0. The highest BCUT2D eigenvalue weighted by molar-refractivity contribution is 5.87. The number of hydrogen-bond donors (Lipinski definition) is 0. The Morgan fingerprint density at radius 2 is 2.33 bits per heavy atom. The van der Waals surface area contributed by atoms with Gasteiger partial charge in [0.25, 0.3) is 0 Å². The first kappa shape index (κ1) is 5.41. The molecule has 0 aromatic carbocycles. The molecule has 0 atom stereocenters. The fraction of sp³-hybridized carbons (Fsp3) is 0.200. The first-order chi connectivity index (χ1) is 2.77. The van der Waals surface area contributed by atoms with Crippen LogP contribution in [0.25, 0.3) is 0 Å². The third-order valence-electron chi connectivity index (χ3n) is 0.331. The van der Waals surface area contributed by atoms with Gasteiger partial charge in [-0.25, -0.2) is 0 Å². The molecular formula is C5H6O. The lowest BCUT2D eigenvalue weighted by Gasteiger charge is -1.67. The van der Waals surface area contributed by atoms with Gasteiger partial charge in [0, 0.05) is 0 Å². The van der Waals surface area contributed by atoms with Crippen molar-refractivity contribution in [1.29, 1.82) is 0 Å². The first-order valence-corrected chi connectivity index (χ1v) is 1.66. The van der Waals surface area contributed by atoms with Gasteiger partial charge in [-0.15, -0.1) is 0 Å². The molecule has 1 nitrogen and oxygen atoms in total. The monoisotopic (exact) mass is 82.0 g/mol. The molecule has 0 unspecified atom stereocenters. The van der Waals surface area contributed by atoms with Crippen molar-refractivity contribution in [1.82, 2.24) is 0 Å². The van der Waals surface area contributed by atoms with Crippen LogP contribution in [-0.4, -0.2) is 5.78 Å². The molecule has 0 aromatic heterocycles. The fourth-order valence-electron chi connectivity index (χ4n) is 0.136. The molecule has 0 aliphatic rings. The lowest BCUT2D eigenvalue weighted by atomic mass is 10.4. The Morgan fingerprint density at radius 3 is 2.33 bits per heavy atom. The van der Waals surface area contributed by atoms with Crippen LogP contribution in [0.1, 0.15) is 6.92 Å². The van der Waals surface area contributed by atoms with Crippen molar-refractivity contribution in [3.8, 4) is 0 Å². The van der Waals surface area contributed by atoms with Crippen molar-refractivity contribution in [2.45, 2.75) is 6.92 Å². The van der Waals surface area contributed by atoms with E-state index in [0.29, 0.717) is 0 Å². The minimum atomic E-state index is -0.0162. The molecular weight excluding hydrogens is 76.1 g/mol. The van der Waals surface area contributed by atoms with Gasteiger partial charge in [-0.05, 0) is 19.9 Å². The lowest BCUT2D eigenvalue weighted by Crippen LogP contribution is -1.76. The molecule has 0 aromatic rings. The fourth-order valence-corrected chi connectivity index (χ4v) is 0.136. The summed E-state index contributed by atoms with van der Waals surface area (Å²) in [5.74, 6) is -0.0162. The third-order valence-corrected chi connectivity index (χ3v) is 0.331. The second-order valence-electron chi connectivity index (χ2n) is 0.970. The van der Waals surface area contributed by atoms with Crippen molar-refractivity contribution in [3.63, 3.8) is 0 Å². The van der Waals surface area contributed by atoms with E-state index in [2.05, 4.69) is 0 Å². The number of rotatable bonds is 1. The molecule has 0 saturated carbocycles. The van der Waals surface area contributed by atoms with E-state index in [-0.39, 0.29) is 5.78 Å². The van der Waals surface area contributed by atoms with E-state index in [1.165, 1.54) is 19.1 Å². The zero-order valence-electron chi connectivity index (χ0n) is 3.64. The number of hydrogen-bond acceptors (Lipinski definition) is 1. The third kappa shape index (κ3) is 3.41. The summed E-state index contributed by atoms with van der Waals surface area (Å²) in [4.78, 5) is 9.88. The highest BCUT2D eigenvalue weighted by Crippen LogP contribution is 1.68. The molecule has 0 saturated heterocycles. The van der Waals surface area contributed by atoms with Crippen LogP contribution in [0, 0.1) is 6.92 Å². The Hall–Kier alpha value is -0.590. The summed E-state index contributed by atoms with van der Waals surface area (Å²) in [7, 11) is 0. The standard InChI is InChI=1S/C5H6O/c1-3-4-5(2)6/h1,3-4H,2H3. The van der Waals surface area contributed by atoms with Gasteiger partial charge in [0.1, 0.15) is 0 Å². The molecule has 1 heteroatoms. The van der Waals surface area contributed by atoms with Gasteiger partial charge in [-0.2, -0.15) is 0 Å². The normalized spacial score (nSPS) is 9.67. The summed E-state index contributed by atoms with van der Waals surface area (Å²) < 4.78 is 0. The predicted octanol–water partition coefficient (Wildman–Crippen LogP) is 0.843. The van der Waals surface area contributed by atoms with Gasteiger partial charge in [0.05, 0.1) is 0 Å². The smallest absolute Gasteiger partial charge is 0.152 e. The van der Waals surface area contributed by atoms with Gasteiger partial charge in [0.15, 0.2) is 5.78 Å². The van der Waals surface area contributed by atoms with Gasteiger partial charge in [0.2, 0.25) is 0 Å². The van der Waals surface area contributed by atoms with E-state index in [1.54, 1.807) is 0 Å². The van der Waals surface area contributed by atoms with Crippen molar-refractivity contribution in [2.75, 3.05) is 0 Å². The van der Waals surface area contributed by atoms with Crippen LogP contribution in [0.3, 0.4) is 0 Å². The Labute approximate surface area is 37.7 Å². The van der Waals surface area contributed by atoms with Gasteiger partial charge in [-0.3, -0.25) is 4.79 Å². The van der Waals surface area contributed by atoms with Crippen molar-refractivity contribution >= 4 is 5.78 Å². The molecule has 32 valence electrons. The summed E-state index contributed by atoms with van der Waals surface area (Å²) in [6, 6.07) is 0. The van der Waals surface area contributed by atoms with Crippen LogP contribution < -0.4 is 0 Å². The molecule has 0 spiro atoms. The van der Waals surface area contributed by atoms with Crippen LogP contribution in [0.15, 0.2) is 12.2 Å².